The number of halogens is 1. The molecular weight excluding hydrogens is 606 g/mol. The van der Waals surface area contributed by atoms with Gasteiger partial charge in [-0.15, -0.1) is 24.9 Å². The highest BCUT2D eigenvalue weighted by Crippen LogP contribution is 2.68. The van der Waals surface area contributed by atoms with Crippen LogP contribution >= 0.6 is 27.7 Å². The van der Waals surface area contributed by atoms with Crippen LogP contribution in [0, 0.1) is 11.8 Å². The van der Waals surface area contributed by atoms with Gasteiger partial charge in [0.05, 0.1) is 23.2 Å². The highest BCUT2D eigenvalue weighted by Gasteiger charge is 2.76. The summed E-state index contributed by atoms with van der Waals surface area (Å²) in [5, 5.41) is 9.49. The monoisotopic (exact) mass is 647 g/mol. The van der Waals surface area contributed by atoms with Gasteiger partial charge in [-0.2, -0.15) is 0 Å². The summed E-state index contributed by atoms with van der Waals surface area (Å²) in [6.07, 6.45) is 4.35. The van der Waals surface area contributed by atoms with E-state index in [9.17, 15) is 19.5 Å². The molecule has 2 bridgehead atoms. The summed E-state index contributed by atoms with van der Waals surface area (Å²) in [5.74, 6) is -1.01. The molecule has 224 valence electrons. The van der Waals surface area contributed by atoms with Gasteiger partial charge in [-0.25, -0.2) is 0 Å². The number of fused-ring (bicyclic) bond motifs is 1. The number of aliphatic hydroxyl groups is 1. The van der Waals surface area contributed by atoms with Crippen LogP contribution in [0.25, 0.3) is 0 Å². The number of amides is 3. The Morgan fingerprint density at radius 2 is 1.85 bits per heavy atom. The van der Waals surface area contributed by atoms with Gasteiger partial charge < -0.3 is 24.5 Å². The predicted molar refractivity (Wildman–Crippen MR) is 167 cm³/mol. The van der Waals surface area contributed by atoms with E-state index in [2.05, 4.69) is 29.1 Å². The fraction of sp³-hybridized carbons (Fsp3) is 0.581. The highest BCUT2D eigenvalue weighted by atomic mass is 79.9. The standard InChI is InChI=1S/C31H42BrN3O5S/c1-7-15-33(20-11-13-21(14-12-20)40-9-3)27(37)23-24-28(38)34(17-10-18-36)26(31(24)19-22(32)25(23)41-31)29(39)35(16-8-2)30(4,5)6/h7-8,11-14,22-26,36H,1-2,9-10,15-19H2,3-6H3/t22?,23-,24+,25-,26?,31?/m1/s1. The van der Waals surface area contributed by atoms with Crippen LogP contribution in [-0.4, -0.2) is 91.9 Å². The van der Waals surface area contributed by atoms with Gasteiger partial charge in [0, 0.05) is 47.5 Å². The molecule has 0 aliphatic carbocycles. The number of benzene rings is 1. The van der Waals surface area contributed by atoms with E-state index in [-0.39, 0.29) is 47.5 Å². The van der Waals surface area contributed by atoms with E-state index in [1.54, 1.807) is 38.6 Å². The molecule has 0 saturated carbocycles. The Hall–Kier alpha value is -2.30. The Labute approximate surface area is 256 Å². The van der Waals surface area contributed by atoms with Crippen molar-refractivity contribution in [1.82, 2.24) is 9.80 Å². The lowest BCUT2D eigenvalue weighted by Crippen LogP contribution is -2.59. The number of rotatable bonds is 12. The number of carbonyl (C=O) groups is 3. The molecule has 3 aliphatic rings. The van der Waals surface area contributed by atoms with E-state index < -0.39 is 28.2 Å². The Kier molecular flexibility index (Phi) is 9.65. The molecule has 3 fully saturated rings. The van der Waals surface area contributed by atoms with Gasteiger partial charge in [-0.3, -0.25) is 14.4 Å². The zero-order valence-corrected chi connectivity index (χ0v) is 26.8. The zero-order chi connectivity index (χ0) is 30.1. The van der Waals surface area contributed by atoms with E-state index in [1.165, 1.54) is 0 Å². The molecule has 41 heavy (non-hydrogen) atoms. The van der Waals surface area contributed by atoms with Crippen molar-refractivity contribution in [2.24, 2.45) is 11.8 Å². The Balaban J connectivity index is 1.76. The van der Waals surface area contributed by atoms with Crippen molar-refractivity contribution >= 4 is 51.1 Å². The topological polar surface area (TPSA) is 90.4 Å². The normalized spacial score (nSPS) is 28.4. The largest absolute Gasteiger partial charge is 0.494 e. The number of likely N-dealkylation sites (tertiary alicyclic amines) is 1. The first-order valence-corrected chi connectivity index (χ1v) is 16.1. The maximum Gasteiger partial charge on any atom is 0.247 e. The third-order valence-corrected chi connectivity index (χ3v) is 11.5. The van der Waals surface area contributed by atoms with Crippen LogP contribution in [0.4, 0.5) is 5.69 Å². The summed E-state index contributed by atoms with van der Waals surface area (Å²) < 4.78 is 4.82. The van der Waals surface area contributed by atoms with Crippen LogP contribution in [0.3, 0.4) is 0 Å². The van der Waals surface area contributed by atoms with Crippen molar-refractivity contribution in [3.63, 3.8) is 0 Å². The first-order valence-electron chi connectivity index (χ1n) is 14.3. The van der Waals surface area contributed by atoms with Crippen LogP contribution < -0.4 is 9.64 Å². The summed E-state index contributed by atoms with van der Waals surface area (Å²) in [6, 6.07) is 6.62. The summed E-state index contributed by atoms with van der Waals surface area (Å²) in [7, 11) is 0. The maximum absolute atomic E-state index is 14.5. The second-order valence-electron chi connectivity index (χ2n) is 11.8. The van der Waals surface area contributed by atoms with E-state index in [1.807, 2.05) is 52.0 Å². The molecule has 0 aromatic heterocycles. The lowest BCUT2D eigenvalue weighted by molar-refractivity contribution is -0.145. The Bertz CT molecular complexity index is 1170. The molecule has 1 aromatic rings. The van der Waals surface area contributed by atoms with Gasteiger partial charge in [0.25, 0.3) is 0 Å². The van der Waals surface area contributed by atoms with Gasteiger partial charge in [0.1, 0.15) is 11.8 Å². The minimum absolute atomic E-state index is 0.0352. The van der Waals surface area contributed by atoms with Gasteiger partial charge >= 0.3 is 0 Å². The number of nitrogens with zero attached hydrogens (tertiary/aromatic N) is 3. The average molecular weight is 649 g/mol. The molecule has 4 rings (SSSR count). The number of ether oxygens (including phenoxy) is 1. The van der Waals surface area contributed by atoms with Crippen LogP contribution in [0.2, 0.25) is 0 Å². The molecule has 10 heteroatoms. The van der Waals surface area contributed by atoms with E-state index >= 15 is 0 Å². The molecule has 1 N–H and O–H groups in total. The summed E-state index contributed by atoms with van der Waals surface area (Å²) in [5.41, 5.74) is 0.205. The van der Waals surface area contributed by atoms with Gasteiger partial charge in [-0.05, 0) is 64.8 Å². The first kappa shape index (κ1) is 31.6. The van der Waals surface area contributed by atoms with Crippen LogP contribution in [0.15, 0.2) is 49.6 Å². The minimum Gasteiger partial charge on any atom is -0.494 e. The minimum atomic E-state index is -0.758. The van der Waals surface area contributed by atoms with Crippen molar-refractivity contribution in [2.75, 3.05) is 37.7 Å². The first-order chi connectivity index (χ1) is 19.5. The fourth-order valence-electron chi connectivity index (χ4n) is 6.66. The summed E-state index contributed by atoms with van der Waals surface area (Å²) in [6.45, 7) is 16.9. The molecule has 3 unspecified atom stereocenters. The molecule has 3 aliphatic heterocycles. The number of anilines is 1. The highest BCUT2D eigenvalue weighted by molar-refractivity contribution is 9.09. The zero-order valence-electron chi connectivity index (χ0n) is 24.4. The lowest BCUT2D eigenvalue weighted by atomic mass is 9.70. The van der Waals surface area contributed by atoms with Crippen LogP contribution in [-0.2, 0) is 14.4 Å². The average Bonchev–Trinajstić information content (AvgIpc) is 3.51. The number of hydrogen-bond donors (Lipinski definition) is 1. The maximum atomic E-state index is 14.5. The number of hydrogen-bond acceptors (Lipinski definition) is 6. The molecule has 0 radical (unpaired) electrons. The molecule has 3 amide bonds. The second-order valence-corrected chi connectivity index (χ2v) is 14.6. The summed E-state index contributed by atoms with van der Waals surface area (Å²) >= 11 is 5.46. The van der Waals surface area contributed by atoms with Crippen molar-refractivity contribution in [3.8, 4) is 5.75 Å². The molecule has 1 spiro atoms. The third kappa shape index (κ3) is 5.59. The smallest absolute Gasteiger partial charge is 0.247 e. The van der Waals surface area contributed by atoms with E-state index in [0.29, 0.717) is 37.4 Å². The second kappa shape index (κ2) is 12.5. The van der Waals surface area contributed by atoms with E-state index in [0.717, 1.165) is 0 Å². The van der Waals surface area contributed by atoms with Crippen molar-refractivity contribution in [2.45, 2.75) is 66.9 Å². The molecule has 6 atom stereocenters. The van der Waals surface area contributed by atoms with Gasteiger partial charge in [0.2, 0.25) is 17.7 Å². The van der Waals surface area contributed by atoms with Crippen molar-refractivity contribution < 1.29 is 24.2 Å². The third-order valence-electron chi connectivity index (χ3n) is 8.29. The number of thioether (sulfide) groups is 1. The lowest BCUT2D eigenvalue weighted by Gasteiger charge is -2.42. The van der Waals surface area contributed by atoms with Gasteiger partial charge in [-0.1, -0.05) is 28.1 Å². The molecule has 3 saturated heterocycles. The Morgan fingerprint density at radius 1 is 1.20 bits per heavy atom. The number of aliphatic hydroxyl groups excluding tert-OH is 1. The fourth-order valence-corrected chi connectivity index (χ4v) is 10.3. The molecule has 3 heterocycles. The molecule has 1 aromatic carbocycles. The Morgan fingerprint density at radius 3 is 2.41 bits per heavy atom. The van der Waals surface area contributed by atoms with Crippen LogP contribution in [0.1, 0.15) is 40.5 Å². The van der Waals surface area contributed by atoms with Crippen molar-refractivity contribution in [1.29, 1.82) is 0 Å². The number of carbonyl (C=O) groups excluding carboxylic acids is 3. The molecule has 8 nitrogen and oxygen atoms in total. The molecular formula is C31H42BrN3O5S. The predicted octanol–water partition coefficient (Wildman–Crippen LogP) is 4.26. The van der Waals surface area contributed by atoms with Crippen LogP contribution in [0.5, 0.6) is 5.75 Å². The van der Waals surface area contributed by atoms with Crippen molar-refractivity contribution in [3.05, 3.63) is 49.6 Å². The number of alkyl halides is 1. The van der Waals surface area contributed by atoms with Gasteiger partial charge in [0.15, 0.2) is 0 Å². The summed E-state index contributed by atoms with van der Waals surface area (Å²) in [4.78, 5) is 48.2. The SMILES string of the molecule is C=CCN(C(=O)[C@H]1[C@@H]2SC3(CC2Br)C(C(=O)N(CC=C)C(C)(C)C)N(CCCO)C(=O)[C@H]13)c1ccc(OCC)cc1. The quantitative estimate of drug-likeness (QED) is 0.269. The van der Waals surface area contributed by atoms with E-state index in [4.69, 9.17) is 4.74 Å².